The normalized spacial score (nSPS) is 22.8. The van der Waals surface area contributed by atoms with Crippen LogP contribution in [0.2, 0.25) is 19.6 Å². The zero-order valence-corrected chi connectivity index (χ0v) is 21.2. The number of allylic oxidation sites excluding steroid dienone is 3. The summed E-state index contributed by atoms with van der Waals surface area (Å²) in [6, 6.07) is 0. The van der Waals surface area contributed by atoms with E-state index in [2.05, 4.69) is 0 Å². The van der Waals surface area contributed by atoms with Gasteiger partial charge in [-0.25, -0.2) is 4.79 Å². The molecule has 1 fully saturated rings. The average molecular weight is 493 g/mol. The van der Waals surface area contributed by atoms with Crippen LogP contribution in [0.15, 0.2) is 24.3 Å². The van der Waals surface area contributed by atoms with E-state index >= 15 is 0 Å². The lowest BCUT2D eigenvalue weighted by Gasteiger charge is -2.40. The highest BCUT2D eigenvalue weighted by Crippen LogP contribution is 2.43. The smallest absolute Gasteiger partial charge is 0.416 e. The molecule has 1 aliphatic rings. The summed E-state index contributed by atoms with van der Waals surface area (Å²) in [7, 11) is -2.47. The summed E-state index contributed by atoms with van der Waals surface area (Å²) in [5.74, 6) is -1.61. The lowest BCUT2D eigenvalue weighted by Crippen LogP contribution is -2.53. The highest BCUT2D eigenvalue weighted by molar-refractivity contribution is 6.69. The standard InChI is InChI=1S/C24H39F3O5Si/c1-5-6-16-23(24(25,26)27,32-33(2,3)4)17-10-11-18-14-15-20(28)19(18)12-8-7-9-13-21(29)22(30)31/h7-8,10-11,18-19,21,29H,5-6,9,12-17H2,1-4H3,(H,30,31)/t18-,19+,21?,23?/m0/s1. The van der Waals surface area contributed by atoms with E-state index < -0.39 is 32.2 Å². The maximum atomic E-state index is 14.2. The van der Waals surface area contributed by atoms with Gasteiger partial charge in [0.05, 0.1) is 0 Å². The van der Waals surface area contributed by atoms with Crippen molar-refractivity contribution in [2.24, 2.45) is 11.8 Å². The van der Waals surface area contributed by atoms with E-state index in [9.17, 15) is 27.9 Å². The molecule has 33 heavy (non-hydrogen) atoms. The largest absolute Gasteiger partial charge is 0.479 e. The number of unbranched alkanes of at least 4 members (excludes halogenated alkanes) is 1. The van der Waals surface area contributed by atoms with Gasteiger partial charge in [-0.1, -0.05) is 44.1 Å². The van der Waals surface area contributed by atoms with Crippen molar-refractivity contribution >= 4 is 20.1 Å². The third kappa shape index (κ3) is 9.74. The van der Waals surface area contributed by atoms with Crippen LogP contribution in [0.5, 0.6) is 0 Å². The van der Waals surface area contributed by atoms with Gasteiger partial charge in [-0.15, -0.1) is 0 Å². The summed E-state index contributed by atoms with van der Waals surface area (Å²) in [5, 5.41) is 18.0. The zero-order valence-electron chi connectivity index (χ0n) is 20.2. The molecule has 1 rings (SSSR count). The molecule has 0 aliphatic heterocycles. The molecule has 2 unspecified atom stereocenters. The second-order valence-corrected chi connectivity index (χ2v) is 14.3. The van der Waals surface area contributed by atoms with E-state index in [4.69, 9.17) is 9.53 Å². The summed E-state index contributed by atoms with van der Waals surface area (Å²) < 4.78 is 48.2. The van der Waals surface area contributed by atoms with E-state index in [1.165, 1.54) is 0 Å². The second kappa shape index (κ2) is 12.9. The molecule has 5 nitrogen and oxygen atoms in total. The summed E-state index contributed by atoms with van der Waals surface area (Å²) >= 11 is 0. The van der Waals surface area contributed by atoms with Crippen LogP contribution >= 0.6 is 0 Å². The molecule has 0 aromatic carbocycles. The predicted molar refractivity (Wildman–Crippen MR) is 124 cm³/mol. The monoisotopic (exact) mass is 492 g/mol. The first-order chi connectivity index (χ1) is 15.2. The number of rotatable bonds is 14. The fourth-order valence-corrected chi connectivity index (χ4v) is 5.67. The van der Waals surface area contributed by atoms with Crippen molar-refractivity contribution in [1.82, 2.24) is 0 Å². The van der Waals surface area contributed by atoms with Crippen molar-refractivity contribution in [3.63, 3.8) is 0 Å². The Labute approximate surface area is 196 Å². The van der Waals surface area contributed by atoms with Crippen molar-refractivity contribution in [2.75, 3.05) is 0 Å². The highest BCUT2D eigenvalue weighted by Gasteiger charge is 2.56. The first-order valence-corrected chi connectivity index (χ1v) is 15.2. The Balaban J connectivity index is 2.86. The fraction of sp³-hybridized carbons (Fsp3) is 0.750. The zero-order chi connectivity index (χ0) is 25.3. The van der Waals surface area contributed by atoms with Crippen molar-refractivity contribution in [2.45, 2.75) is 102 Å². The maximum absolute atomic E-state index is 14.2. The molecule has 0 spiro atoms. The topological polar surface area (TPSA) is 83.8 Å². The van der Waals surface area contributed by atoms with Crippen molar-refractivity contribution < 1.29 is 37.4 Å². The Hall–Kier alpha value is -1.45. The van der Waals surface area contributed by atoms with Gasteiger partial charge in [0.15, 0.2) is 20.0 Å². The second-order valence-electron chi connectivity index (χ2n) is 9.86. The molecule has 0 saturated heterocycles. The molecule has 0 bridgehead atoms. The molecule has 0 aromatic heterocycles. The van der Waals surface area contributed by atoms with Gasteiger partial charge in [0.1, 0.15) is 5.78 Å². The van der Waals surface area contributed by atoms with Gasteiger partial charge >= 0.3 is 12.1 Å². The SMILES string of the molecule is CCCCC(CC=C[C@H]1CCC(=O)[C@@H]1CC=CCCC(O)C(=O)O)(O[Si](C)(C)C)C(F)(F)F. The predicted octanol–water partition coefficient (Wildman–Crippen LogP) is 6.04. The molecule has 2 N–H and O–H groups in total. The van der Waals surface area contributed by atoms with Crippen LogP contribution in [0.1, 0.15) is 64.7 Å². The minimum absolute atomic E-state index is 0.0838. The molecule has 1 saturated carbocycles. The van der Waals surface area contributed by atoms with Crippen LogP contribution in [-0.2, 0) is 14.0 Å². The first-order valence-electron chi connectivity index (χ1n) is 11.7. The van der Waals surface area contributed by atoms with Gasteiger partial charge in [-0.3, -0.25) is 4.79 Å². The Bertz CT molecular complexity index is 699. The van der Waals surface area contributed by atoms with Crippen LogP contribution in [0.25, 0.3) is 0 Å². The molecule has 0 amide bonds. The van der Waals surface area contributed by atoms with Gasteiger partial charge in [0.25, 0.3) is 0 Å². The molecular formula is C24H39F3O5Si. The Morgan fingerprint density at radius 1 is 1.24 bits per heavy atom. The maximum Gasteiger partial charge on any atom is 0.416 e. The van der Waals surface area contributed by atoms with E-state index in [1.807, 2.05) is 6.92 Å². The third-order valence-electron chi connectivity index (χ3n) is 5.89. The molecular weight excluding hydrogens is 453 g/mol. The molecule has 0 radical (unpaired) electrons. The van der Waals surface area contributed by atoms with E-state index in [1.54, 1.807) is 43.9 Å². The number of halogens is 3. The number of aliphatic hydroxyl groups is 1. The summed E-state index contributed by atoms with van der Waals surface area (Å²) in [6.45, 7) is 7.14. The van der Waals surface area contributed by atoms with E-state index in [0.29, 0.717) is 38.5 Å². The number of ketones is 1. The van der Waals surface area contributed by atoms with Gasteiger partial charge in [0.2, 0.25) is 0 Å². The van der Waals surface area contributed by atoms with Crippen LogP contribution in [0.3, 0.4) is 0 Å². The van der Waals surface area contributed by atoms with Crippen molar-refractivity contribution in [1.29, 1.82) is 0 Å². The number of Topliss-reactive ketones (excluding diaryl/α,β-unsaturated/α-hetero) is 1. The van der Waals surface area contributed by atoms with Crippen LogP contribution in [-0.4, -0.2) is 48.2 Å². The Morgan fingerprint density at radius 3 is 2.45 bits per heavy atom. The van der Waals surface area contributed by atoms with Gasteiger partial charge in [-0.2, -0.15) is 13.2 Å². The molecule has 1 aliphatic carbocycles. The van der Waals surface area contributed by atoms with Crippen molar-refractivity contribution in [3.8, 4) is 0 Å². The number of alkyl halides is 3. The molecule has 9 heteroatoms. The number of carbonyl (C=O) groups excluding carboxylic acids is 1. The van der Waals surface area contributed by atoms with Gasteiger partial charge in [0, 0.05) is 18.8 Å². The lowest BCUT2D eigenvalue weighted by atomic mass is 9.88. The van der Waals surface area contributed by atoms with E-state index in [-0.39, 0.29) is 36.9 Å². The van der Waals surface area contributed by atoms with Crippen molar-refractivity contribution in [3.05, 3.63) is 24.3 Å². The highest BCUT2D eigenvalue weighted by atomic mass is 28.4. The van der Waals surface area contributed by atoms with Gasteiger partial charge < -0.3 is 14.6 Å². The summed E-state index contributed by atoms with van der Waals surface area (Å²) in [6.07, 6.45) is 3.54. The molecule has 0 heterocycles. The molecule has 0 aromatic rings. The first kappa shape index (κ1) is 29.6. The van der Waals surface area contributed by atoms with Gasteiger partial charge in [-0.05, 0) is 57.7 Å². The summed E-state index contributed by atoms with van der Waals surface area (Å²) in [4.78, 5) is 22.9. The van der Waals surface area contributed by atoms with E-state index in [0.717, 1.165) is 0 Å². The average Bonchev–Trinajstić information content (AvgIpc) is 3.03. The number of hydrogen-bond donors (Lipinski definition) is 2. The lowest BCUT2D eigenvalue weighted by molar-refractivity contribution is -0.253. The molecule has 190 valence electrons. The minimum atomic E-state index is -4.49. The summed E-state index contributed by atoms with van der Waals surface area (Å²) in [5.41, 5.74) is -2.20. The fourth-order valence-electron chi connectivity index (χ4n) is 4.20. The number of aliphatic carboxylic acids is 1. The quantitative estimate of drug-likeness (QED) is 0.228. The van der Waals surface area contributed by atoms with Crippen LogP contribution in [0.4, 0.5) is 13.2 Å². The minimum Gasteiger partial charge on any atom is -0.479 e. The number of aliphatic hydroxyl groups excluding tert-OH is 1. The van der Waals surface area contributed by atoms with Crippen LogP contribution < -0.4 is 0 Å². The number of carboxylic acid groups (broad SMARTS) is 1. The number of carbonyl (C=O) groups is 2. The van der Waals surface area contributed by atoms with Crippen LogP contribution in [0, 0.1) is 11.8 Å². The Morgan fingerprint density at radius 2 is 1.91 bits per heavy atom. The number of carboxylic acids is 1. The molecule has 4 atom stereocenters. The third-order valence-corrected chi connectivity index (χ3v) is 6.89. The number of hydrogen-bond acceptors (Lipinski definition) is 4. The Kier molecular flexibility index (Phi) is 11.5.